The van der Waals surface area contributed by atoms with Crippen molar-refractivity contribution in [2.24, 2.45) is 5.73 Å². The van der Waals surface area contributed by atoms with E-state index in [4.69, 9.17) is 15.0 Å². The second kappa shape index (κ2) is 5.49. The van der Waals surface area contributed by atoms with Crippen LogP contribution in [0.25, 0.3) is 20.2 Å². The summed E-state index contributed by atoms with van der Waals surface area (Å²) in [6.07, 6.45) is 0.114. The molecule has 0 fully saturated rings. The van der Waals surface area contributed by atoms with Gasteiger partial charge in [0.1, 0.15) is 5.54 Å². The number of rotatable bonds is 5. The Morgan fingerprint density at radius 1 is 1.43 bits per heavy atom. The Morgan fingerprint density at radius 2 is 2.24 bits per heavy atom. The molecule has 21 heavy (non-hydrogen) atoms. The minimum absolute atomic E-state index is 0.114. The van der Waals surface area contributed by atoms with Crippen molar-refractivity contribution in [3.8, 4) is 10.8 Å². The maximum atomic E-state index is 6.23. The lowest BCUT2D eigenvalue weighted by molar-refractivity contribution is 0.0410. The van der Waals surface area contributed by atoms with Crippen molar-refractivity contribution in [3.05, 3.63) is 23.3 Å². The zero-order chi connectivity index (χ0) is 15.0. The van der Waals surface area contributed by atoms with Crippen LogP contribution < -0.4 is 5.73 Å². The summed E-state index contributed by atoms with van der Waals surface area (Å²) >= 11 is 3.34. The van der Waals surface area contributed by atoms with Gasteiger partial charge in [0.25, 0.3) is 5.89 Å². The highest BCUT2D eigenvalue weighted by Crippen LogP contribution is 2.35. The maximum Gasteiger partial charge on any atom is 0.268 e. The van der Waals surface area contributed by atoms with Crippen LogP contribution in [0.15, 0.2) is 22.0 Å². The van der Waals surface area contributed by atoms with E-state index >= 15 is 0 Å². The first-order valence-electron chi connectivity index (χ1n) is 6.68. The van der Waals surface area contributed by atoms with Crippen LogP contribution >= 0.6 is 22.7 Å². The normalized spacial score (nSPS) is 14.9. The summed E-state index contributed by atoms with van der Waals surface area (Å²) in [7, 11) is 0. The number of hydrogen-bond acceptors (Lipinski definition) is 7. The molecular weight excluding hydrogens is 306 g/mol. The highest BCUT2D eigenvalue weighted by molar-refractivity contribution is 7.28. The van der Waals surface area contributed by atoms with Gasteiger partial charge >= 0.3 is 0 Å². The van der Waals surface area contributed by atoms with Gasteiger partial charge in [-0.25, -0.2) is 0 Å². The number of ether oxygens (including phenoxy) is 1. The molecule has 0 saturated heterocycles. The van der Waals surface area contributed by atoms with Crippen LogP contribution in [0.5, 0.6) is 0 Å². The van der Waals surface area contributed by atoms with Gasteiger partial charge in [-0.05, 0) is 38.3 Å². The van der Waals surface area contributed by atoms with E-state index in [1.165, 1.54) is 9.40 Å². The molecule has 3 aromatic rings. The first-order valence-corrected chi connectivity index (χ1v) is 8.37. The molecule has 3 heterocycles. The molecule has 0 spiro atoms. The molecular formula is C14H17N3O2S2. The summed E-state index contributed by atoms with van der Waals surface area (Å²) in [5.41, 5.74) is 5.47. The zero-order valence-electron chi connectivity index (χ0n) is 12.1. The van der Waals surface area contributed by atoms with E-state index in [-0.39, 0.29) is 6.10 Å². The Balaban J connectivity index is 1.83. The highest BCUT2D eigenvalue weighted by Gasteiger charge is 2.29. The van der Waals surface area contributed by atoms with Crippen molar-refractivity contribution >= 4 is 32.1 Å². The van der Waals surface area contributed by atoms with Crippen molar-refractivity contribution in [1.82, 2.24) is 10.1 Å². The Bertz CT molecular complexity index is 714. The quantitative estimate of drug-likeness (QED) is 0.776. The van der Waals surface area contributed by atoms with E-state index in [1.54, 1.807) is 22.7 Å². The lowest BCUT2D eigenvalue weighted by Crippen LogP contribution is -2.40. The third-order valence-electron chi connectivity index (χ3n) is 3.00. The largest absolute Gasteiger partial charge is 0.376 e. The van der Waals surface area contributed by atoms with Gasteiger partial charge in [0.05, 0.1) is 17.6 Å². The molecule has 5 nitrogen and oxygen atoms in total. The fourth-order valence-corrected chi connectivity index (χ4v) is 3.86. The lowest BCUT2D eigenvalue weighted by Gasteiger charge is -2.21. The van der Waals surface area contributed by atoms with E-state index in [1.807, 2.05) is 20.8 Å². The molecule has 1 unspecified atom stereocenters. The Labute approximate surface area is 130 Å². The number of fused-ring (bicyclic) bond motifs is 1. The van der Waals surface area contributed by atoms with Gasteiger partial charge < -0.3 is 15.0 Å². The predicted molar refractivity (Wildman–Crippen MR) is 85.6 cm³/mol. The summed E-state index contributed by atoms with van der Waals surface area (Å²) in [5.74, 6) is 0.981. The summed E-state index contributed by atoms with van der Waals surface area (Å²) in [4.78, 5) is 5.41. The third kappa shape index (κ3) is 3.01. The van der Waals surface area contributed by atoms with Crippen LogP contribution in [-0.2, 0) is 10.3 Å². The standard InChI is InChI=1S/C14H17N3O2S2/c1-8(2)18-7-14(3,15)13-16-12(19-17-13)11-6-10-9(21-11)4-5-20-10/h4-6,8H,7,15H2,1-3H3. The molecule has 0 radical (unpaired) electrons. The average molecular weight is 323 g/mol. The number of nitrogens with two attached hydrogens (primary N) is 1. The number of thiophene rings is 2. The smallest absolute Gasteiger partial charge is 0.268 e. The fraction of sp³-hybridized carbons (Fsp3) is 0.429. The lowest BCUT2D eigenvalue weighted by atomic mass is 10.1. The van der Waals surface area contributed by atoms with Crippen molar-refractivity contribution < 1.29 is 9.26 Å². The molecule has 0 aliphatic carbocycles. The van der Waals surface area contributed by atoms with Crippen molar-refractivity contribution in [2.45, 2.75) is 32.4 Å². The van der Waals surface area contributed by atoms with Crippen molar-refractivity contribution in [3.63, 3.8) is 0 Å². The molecule has 0 saturated carbocycles. The topological polar surface area (TPSA) is 74.2 Å². The minimum atomic E-state index is -0.763. The van der Waals surface area contributed by atoms with Gasteiger partial charge in [-0.1, -0.05) is 5.16 Å². The molecule has 0 aliphatic heterocycles. The number of aromatic nitrogens is 2. The molecule has 3 aromatic heterocycles. The Kier molecular flexibility index (Phi) is 3.83. The second-order valence-electron chi connectivity index (χ2n) is 5.46. The van der Waals surface area contributed by atoms with E-state index < -0.39 is 5.54 Å². The van der Waals surface area contributed by atoms with Crippen LogP contribution in [0.1, 0.15) is 26.6 Å². The van der Waals surface area contributed by atoms with Gasteiger partial charge in [0, 0.05) is 9.40 Å². The van der Waals surface area contributed by atoms with Gasteiger partial charge in [0.15, 0.2) is 5.82 Å². The van der Waals surface area contributed by atoms with Crippen molar-refractivity contribution in [2.75, 3.05) is 6.61 Å². The van der Waals surface area contributed by atoms with Gasteiger partial charge in [0.2, 0.25) is 0 Å². The molecule has 112 valence electrons. The molecule has 0 bridgehead atoms. The van der Waals surface area contributed by atoms with Gasteiger partial charge in [-0.3, -0.25) is 0 Å². The summed E-state index contributed by atoms with van der Waals surface area (Å²) in [6.45, 7) is 6.13. The maximum absolute atomic E-state index is 6.23. The summed E-state index contributed by atoms with van der Waals surface area (Å²) < 4.78 is 13.4. The van der Waals surface area contributed by atoms with Gasteiger partial charge in [-0.2, -0.15) is 4.98 Å². The molecule has 0 aliphatic rings. The van der Waals surface area contributed by atoms with Crippen LogP contribution in [0.3, 0.4) is 0 Å². The Hall–Kier alpha value is -1.28. The van der Waals surface area contributed by atoms with E-state index in [9.17, 15) is 0 Å². The number of nitrogens with zero attached hydrogens (tertiary/aromatic N) is 2. The van der Waals surface area contributed by atoms with Crippen LogP contribution in [0.2, 0.25) is 0 Å². The van der Waals surface area contributed by atoms with Crippen LogP contribution in [0, 0.1) is 0 Å². The first kappa shape index (κ1) is 14.6. The number of hydrogen-bond donors (Lipinski definition) is 1. The van der Waals surface area contributed by atoms with E-state index in [0.29, 0.717) is 18.3 Å². The average Bonchev–Trinajstić information content (AvgIpc) is 3.10. The molecule has 0 aromatic carbocycles. The monoisotopic (exact) mass is 323 g/mol. The summed E-state index contributed by atoms with van der Waals surface area (Å²) in [5, 5.41) is 6.09. The van der Waals surface area contributed by atoms with Crippen LogP contribution in [-0.4, -0.2) is 22.9 Å². The van der Waals surface area contributed by atoms with E-state index in [0.717, 1.165) is 4.88 Å². The molecule has 0 amide bonds. The fourth-order valence-electron chi connectivity index (χ4n) is 1.83. The zero-order valence-corrected chi connectivity index (χ0v) is 13.8. The molecule has 1 atom stereocenters. The predicted octanol–water partition coefficient (Wildman–Crippen LogP) is 3.61. The minimum Gasteiger partial charge on any atom is -0.376 e. The Morgan fingerprint density at radius 3 is 2.95 bits per heavy atom. The SMILES string of the molecule is CC(C)OCC(C)(N)c1noc(-c2cc3sccc3s2)n1. The van der Waals surface area contributed by atoms with Crippen LogP contribution in [0.4, 0.5) is 0 Å². The third-order valence-corrected chi connectivity index (χ3v) is 5.08. The summed E-state index contributed by atoms with van der Waals surface area (Å²) in [6, 6.07) is 4.16. The first-order chi connectivity index (χ1) is 9.95. The highest BCUT2D eigenvalue weighted by atomic mass is 32.1. The molecule has 3 rings (SSSR count). The molecule has 7 heteroatoms. The second-order valence-corrected chi connectivity index (χ2v) is 7.49. The molecule has 2 N–H and O–H groups in total. The van der Waals surface area contributed by atoms with Crippen molar-refractivity contribution in [1.29, 1.82) is 0 Å². The van der Waals surface area contributed by atoms with E-state index in [2.05, 4.69) is 27.7 Å². The van der Waals surface area contributed by atoms with Gasteiger partial charge in [-0.15, -0.1) is 22.7 Å².